The molecule has 0 radical (unpaired) electrons. The minimum absolute atomic E-state index is 0.159. The Morgan fingerprint density at radius 1 is 1.21 bits per heavy atom. The molecule has 6 nitrogen and oxygen atoms in total. The summed E-state index contributed by atoms with van der Waals surface area (Å²) < 4.78 is 44.3. The maximum absolute atomic E-state index is 14.5. The summed E-state index contributed by atoms with van der Waals surface area (Å²) in [4.78, 5) is 23.1. The SMILES string of the molecule is C[C@@H]1CCN(c2ncc(C(=O)Nc3ccc(OC(F)(F)Cl)cc3)cc2-c2cccnc2F)C1. The fourth-order valence-corrected chi connectivity index (χ4v) is 3.78. The summed E-state index contributed by atoms with van der Waals surface area (Å²) in [6, 6.07) is 10.1. The Labute approximate surface area is 193 Å². The van der Waals surface area contributed by atoms with Crippen molar-refractivity contribution in [1.82, 2.24) is 9.97 Å². The minimum atomic E-state index is -3.83. The second-order valence-corrected chi connectivity index (χ2v) is 8.24. The maximum Gasteiger partial charge on any atom is 0.487 e. The van der Waals surface area contributed by atoms with Crippen LogP contribution in [0, 0.1) is 11.9 Å². The van der Waals surface area contributed by atoms with Crippen molar-refractivity contribution >= 4 is 29.0 Å². The number of nitrogens with zero attached hydrogens (tertiary/aromatic N) is 3. The van der Waals surface area contributed by atoms with Gasteiger partial charge < -0.3 is 15.0 Å². The summed E-state index contributed by atoms with van der Waals surface area (Å²) in [5, 5.41) is 2.66. The number of benzene rings is 1. The van der Waals surface area contributed by atoms with Gasteiger partial charge in [-0.1, -0.05) is 6.92 Å². The molecule has 0 aliphatic carbocycles. The van der Waals surface area contributed by atoms with Crippen molar-refractivity contribution < 1.29 is 22.7 Å². The van der Waals surface area contributed by atoms with Gasteiger partial charge in [0.15, 0.2) is 0 Å². The van der Waals surface area contributed by atoms with Gasteiger partial charge in [0.25, 0.3) is 5.91 Å². The summed E-state index contributed by atoms with van der Waals surface area (Å²) >= 11 is 4.75. The average Bonchev–Trinajstić information content (AvgIpc) is 3.20. The fourth-order valence-electron chi connectivity index (χ4n) is 3.69. The smallest absolute Gasteiger partial charge is 0.420 e. The van der Waals surface area contributed by atoms with Crippen molar-refractivity contribution in [3.05, 3.63) is 66.4 Å². The average molecular weight is 477 g/mol. The van der Waals surface area contributed by atoms with E-state index in [-0.39, 0.29) is 16.9 Å². The third-order valence-corrected chi connectivity index (χ3v) is 5.32. The third kappa shape index (κ3) is 5.54. The number of rotatable bonds is 6. The van der Waals surface area contributed by atoms with E-state index in [1.807, 2.05) is 0 Å². The van der Waals surface area contributed by atoms with Gasteiger partial charge in [-0.25, -0.2) is 9.97 Å². The van der Waals surface area contributed by atoms with Gasteiger partial charge in [0.05, 0.1) is 5.56 Å². The first kappa shape index (κ1) is 22.8. The van der Waals surface area contributed by atoms with E-state index in [0.29, 0.717) is 23.0 Å². The summed E-state index contributed by atoms with van der Waals surface area (Å²) in [5.74, 6) is -0.241. The number of carbonyl (C=O) groups excluding carboxylic acids is 1. The molecule has 1 aliphatic heterocycles. The van der Waals surface area contributed by atoms with E-state index in [1.54, 1.807) is 18.2 Å². The second kappa shape index (κ2) is 9.27. The van der Waals surface area contributed by atoms with Gasteiger partial charge in [-0.3, -0.25) is 4.79 Å². The first-order valence-electron chi connectivity index (χ1n) is 10.2. The minimum Gasteiger partial charge on any atom is -0.420 e. The Bertz CT molecular complexity index is 1160. The molecule has 0 spiro atoms. The van der Waals surface area contributed by atoms with Crippen LogP contribution in [0.25, 0.3) is 11.1 Å². The number of hydrogen-bond donors (Lipinski definition) is 1. The second-order valence-electron chi connectivity index (χ2n) is 7.80. The molecule has 3 heterocycles. The molecule has 33 heavy (non-hydrogen) atoms. The van der Waals surface area contributed by atoms with Gasteiger partial charge in [-0.05, 0) is 54.8 Å². The molecule has 1 amide bonds. The fraction of sp³-hybridized carbons (Fsp3) is 0.261. The summed E-state index contributed by atoms with van der Waals surface area (Å²) in [7, 11) is 0. The number of alkyl halides is 3. The number of anilines is 2. The van der Waals surface area contributed by atoms with Crippen molar-refractivity contribution in [3.63, 3.8) is 0 Å². The standard InChI is InChI=1S/C23H20ClF3N4O2/c1-14-8-10-31(13-14)21-19(18-3-2-9-28-20(18)25)11-15(12-29-21)22(32)30-16-4-6-17(7-5-16)33-23(24,26)27/h2-7,9,11-12,14H,8,10,13H2,1H3,(H,30,32)/t14-/m1/s1. The van der Waals surface area contributed by atoms with Gasteiger partial charge in [0.1, 0.15) is 11.6 Å². The van der Waals surface area contributed by atoms with Crippen LogP contribution in [0.3, 0.4) is 0 Å². The van der Waals surface area contributed by atoms with Gasteiger partial charge in [-0.2, -0.15) is 4.39 Å². The third-order valence-electron chi connectivity index (χ3n) is 5.25. The van der Waals surface area contributed by atoms with Crippen LogP contribution in [0.4, 0.5) is 24.7 Å². The molecule has 1 fully saturated rings. The Morgan fingerprint density at radius 2 is 1.97 bits per heavy atom. The Hall–Kier alpha value is -3.33. The van der Waals surface area contributed by atoms with Crippen LogP contribution in [0.1, 0.15) is 23.7 Å². The van der Waals surface area contributed by atoms with Gasteiger partial charge >= 0.3 is 5.57 Å². The van der Waals surface area contributed by atoms with Crippen LogP contribution in [-0.4, -0.2) is 34.5 Å². The van der Waals surface area contributed by atoms with Crippen LogP contribution in [0.2, 0.25) is 0 Å². The summed E-state index contributed by atoms with van der Waals surface area (Å²) in [5.41, 5.74) is -2.56. The highest BCUT2D eigenvalue weighted by Gasteiger charge is 2.28. The van der Waals surface area contributed by atoms with Crippen LogP contribution < -0.4 is 15.0 Å². The summed E-state index contributed by atoms with van der Waals surface area (Å²) in [6.45, 7) is 3.70. The maximum atomic E-state index is 14.5. The van der Waals surface area contributed by atoms with Crippen LogP contribution >= 0.6 is 11.6 Å². The topological polar surface area (TPSA) is 67.4 Å². The molecular weight excluding hydrogens is 457 g/mol. The molecular formula is C23H20ClF3N4O2. The zero-order valence-electron chi connectivity index (χ0n) is 17.6. The van der Waals surface area contributed by atoms with E-state index >= 15 is 0 Å². The number of halogens is 4. The summed E-state index contributed by atoms with van der Waals surface area (Å²) in [6.07, 6.45) is 3.78. The Kier molecular flexibility index (Phi) is 6.42. The van der Waals surface area contributed by atoms with Crippen molar-refractivity contribution in [2.24, 2.45) is 5.92 Å². The molecule has 1 atom stereocenters. The Balaban J connectivity index is 1.61. The lowest BCUT2D eigenvalue weighted by atomic mass is 10.0. The molecule has 4 rings (SSSR count). The number of ether oxygens (including phenoxy) is 1. The van der Waals surface area contributed by atoms with E-state index in [4.69, 9.17) is 11.6 Å². The molecule has 1 N–H and O–H groups in total. The molecule has 0 saturated carbocycles. The van der Waals surface area contributed by atoms with Crippen molar-refractivity contribution in [1.29, 1.82) is 0 Å². The Morgan fingerprint density at radius 3 is 2.61 bits per heavy atom. The number of carbonyl (C=O) groups is 1. The predicted molar refractivity (Wildman–Crippen MR) is 119 cm³/mol. The van der Waals surface area contributed by atoms with E-state index < -0.39 is 17.4 Å². The number of pyridine rings is 2. The number of hydrogen-bond acceptors (Lipinski definition) is 5. The zero-order valence-corrected chi connectivity index (χ0v) is 18.3. The first-order valence-corrected chi connectivity index (χ1v) is 10.6. The zero-order chi connectivity index (χ0) is 23.6. The number of amides is 1. The van der Waals surface area contributed by atoms with Crippen molar-refractivity contribution in [2.45, 2.75) is 18.9 Å². The van der Waals surface area contributed by atoms with Gasteiger partial charge in [0, 0.05) is 53.9 Å². The lowest BCUT2D eigenvalue weighted by Crippen LogP contribution is -2.22. The molecule has 172 valence electrons. The largest absolute Gasteiger partial charge is 0.487 e. The monoisotopic (exact) mass is 476 g/mol. The lowest BCUT2D eigenvalue weighted by molar-refractivity contribution is -0.0964. The molecule has 0 unspecified atom stereocenters. The van der Waals surface area contributed by atoms with Crippen molar-refractivity contribution in [2.75, 3.05) is 23.3 Å². The molecule has 2 aromatic heterocycles. The molecule has 3 aromatic rings. The van der Waals surface area contributed by atoms with E-state index in [9.17, 15) is 18.0 Å². The van der Waals surface area contributed by atoms with Crippen LogP contribution in [-0.2, 0) is 0 Å². The molecule has 1 aromatic carbocycles. The van der Waals surface area contributed by atoms with Gasteiger partial charge in [-0.15, -0.1) is 8.78 Å². The van der Waals surface area contributed by atoms with E-state index in [0.717, 1.165) is 19.5 Å². The van der Waals surface area contributed by atoms with E-state index in [1.165, 1.54) is 36.7 Å². The first-order chi connectivity index (χ1) is 15.7. The highest BCUT2D eigenvalue weighted by Crippen LogP contribution is 2.34. The molecule has 1 aliphatic rings. The lowest BCUT2D eigenvalue weighted by Gasteiger charge is -2.21. The van der Waals surface area contributed by atoms with Crippen LogP contribution in [0.15, 0.2) is 54.9 Å². The molecule has 10 heteroatoms. The normalized spacial score (nSPS) is 16.0. The van der Waals surface area contributed by atoms with Crippen molar-refractivity contribution in [3.8, 4) is 16.9 Å². The highest BCUT2D eigenvalue weighted by atomic mass is 35.5. The quantitative estimate of drug-likeness (QED) is 0.373. The van der Waals surface area contributed by atoms with Gasteiger partial charge in [0.2, 0.25) is 5.95 Å². The van der Waals surface area contributed by atoms with Crippen LogP contribution in [0.5, 0.6) is 5.75 Å². The number of nitrogens with one attached hydrogen (secondary N) is 1. The molecule has 1 saturated heterocycles. The number of aromatic nitrogens is 2. The molecule has 0 bridgehead atoms. The highest BCUT2D eigenvalue weighted by molar-refractivity contribution is 6.20. The predicted octanol–water partition coefficient (Wildman–Crippen LogP) is 5.55. The van der Waals surface area contributed by atoms with E-state index in [2.05, 4.69) is 31.8 Å².